The zero-order valence-electron chi connectivity index (χ0n) is 10.5. The van der Waals surface area contributed by atoms with Crippen LogP contribution >= 0.6 is 0 Å². The average Bonchev–Trinajstić information content (AvgIpc) is 2.49. The number of hydrogen-bond acceptors (Lipinski definition) is 3. The molecule has 0 N–H and O–H groups in total. The number of carbonyl (C=O) groups is 1. The van der Waals surface area contributed by atoms with Crippen LogP contribution in [0.3, 0.4) is 0 Å². The molecule has 0 atom stereocenters. The highest BCUT2D eigenvalue weighted by Gasteiger charge is 2.30. The first-order valence-electron chi connectivity index (χ1n) is 5.77. The van der Waals surface area contributed by atoms with Crippen molar-refractivity contribution in [1.29, 1.82) is 0 Å². The molecule has 1 aromatic rings. The summed E-state index contributed by atoms with van der Waals surface area (Å²) < 4.78 is 27.0. The average molecular weight is 268 g/mol. The van der Waals surface area contributed by atoms with E-state index in [2.05, 4.69) is 0 Å². The van der Waals surface area contributed by atoms with Gasteiger partial charge in [0.15, 0.2) is 5.78 Å². The molecule has 0 unspecified atom stereocenters. The van der Waals surface area contributed by atoms with Gasteiger partial charge in [-0.3, -0.25) is 9.10 Å². The summed E-state index contributed by atoms with van der Waals surface area (Å²) >= 11 is 0. The summed E-state index contributed by atoms with van der Waals surface area (Å²) in [5.41, 5.74) is 0.967. The van der Waals surface area contributed by atoms with E-state index in [1.54, 1.807) is 24.3 Å². The van der Waals surface area contributed by atoms with Crippen molar-refractivity contribution >= 4 is 21.7 Å². The van der Waals surface area contributed by atoms with Gasteiger partial charge in [0, 0.05) is 32.6 Å². The second-order valence-electron chi connectivity index (χ2n) is 4.41. The Morgan fingerprint density at radius 1 is 1.22 bits per heavy atom. The van der Waals surface area contributed by atoms with Crippen LogP contribution in [0.2, 0.25) is 0 Å². The van der Waals surface area contributed by atoms with E-state index < -0.39 is 10.2 Å². The lowest BCUT2D eigenvalue weighted by molar-refractivity contribution is 0.0984. The summed E-state index contributed by atoms with van der Waals surface area (Å²) in [6, 6.07) is 6.86. The van der Waals surface area contributed by atoms with Gasteiger partial charge in [0.1, 0.15) is 0 Å². The van der Waals surface area contributed by atoms with Gasteiger partial charge in [0.25, 0.3) is 0 Å². The maximum Gasteiger partial charge on any atom is 0.303 e. The normalized spacial score (nSPS) is 16.6. The molecule has 0 aliphatic carbocycles. The zero-order chi connectivity index (χ0) is 13.3. The van der Waals surface area contributed by atoms with Gasteiger partial charge in [0.05, 0.1) is 5.69 Å². The van der Waals surface area contributed by atoms with Gasteiger partial charge in [0.2, 0.25) is 0 Å². The molecule has 6 heteroatoms. The van der Waals surface area contributed by atoms with E-state index in [0.717, 1.165) is 0 Å². The number of ketones is 1. The summed E-state index contributed by atoms with van der Waals surface area (Å²) in [5.74, 6) is 0.00190. The number of anilines is 1. The van der Waals surface area contributed by atoms with Crippen molar-refractivity contribution in [2.45, 2.75) is 12.8 Å². The molecule has 0 saturated heterocycles. The maximum atomic E-state index is 12.2. The number of fused-ring (bicyclic) bond motifs is 1. The third-order valence-corrected chi connectivity index (χ3v) is 4.84. The van der Waals surface area contributed by atoms with E-state index in [1.807, 2.05) is 0 Å². The van der Waals surface area contributed by atoms with E-state index in [4.69, 9.17) is 0 Å². The van der Waals surface area contributed by atoms with Crippen LogP contribution in [0.5, 0.6) is 0 Å². The maximum absolute atomic E-state index is 12.2. The molecule has 2 rings (SSSR count). The van der Waals surface area contributed by atoms with Crippen molar-refractivity contribution < 1.29 is 13.2 Å². The third kappa shape index (κ3) is 2.13. The van der Waals surface area contributed by atoms with E-state index in [-0.39, 0.29) is 5.78 Å². The molecule has 1 aromatic carbocycles. The molecule has 1 heterocycles. The highest BCUT2D eigenvalue weighted by atomic mass is 32.2. The summed E-state index contributed by atoms with van der Waals surface area (Å²) in [5, 5.41) is 0. The van der Waals surface area contributed by atoms with E-state index in [9.17, 15) is 13.2 Å². The third-order valence-electron chi connectivity index (χ3n) is 2.98. The van der Waals surface area contributed by atoms with Gasteiger partial charge in [-0.2, -0.15) is 12.7 Å². The van der Waals surface area contributed by atoms with Gasteiger partial charge < -0.3 is 0 Å². The Morgan fingerprint density at radius 3 is 2.56 bits per heavy atom. The van der Waals surface area contributed by atoms with Crippen molar-refractivity contribution in [3.8, 4) is 0 Å². The van der Waals surface area contributed by atoms with Crippen LogP contribution in [0.1, 0.15) is 23.2 Å². The lowest BCUT2D eigenvalue weighted by atomic mass is 10.1. The van der Waals surface area contributed by atoms with Gasteiger partial charge in [-0.25, -0.2) is 0 Å². The molecule has 0 bridgehead atoms. The van der Waals surface area contributed by atoms with Crippen LogP contribution in [0.15, 0.2) is 24.3 Å². The van der Waals surface area contributed by atoms with Gasteiger partial charge in [-0.1, -0.05) is 12.1 Å². The highest BCUT2D eigenvalue weighted by Crippen LogP contribution is 2.28. The predicted octanol–water partition coefficient (Wildman–Crippen LogP) is 1.28. The topological polar surface area (TPSA) is 57.7 Å². The smallest absolute Gasteiger partial charge is 0.294 e. The minimum atomic E-state index is -3.55. The summed E-state index contributed by atoms with van der Waals surface area (Å²) in [6.07, 6.45) is 0.928. The number of benzene rings is 1. The SMILES string of the molecule is CN(C)S(=O)(=O)N1CCCC(=O)c2ccccc21. The van der Waals surface area contributed by atoms with Crippen molar-refractivity contribution in [3.63, 3.8) is 0 Å². The lowest BCUT2D eigenvalue weighted by Crippen LogP contribution is -2.40. The van der Waals surface area contributed by atoms with E-state index in [1.165, 1.54) is 22.7 Å². The Morgan fingerprint density at radius 2 is 1.89 bits per heavy atom. The van der Waals surface area contributed by atoms with Gasteiger partial charge in [-0.05, 0) is 18.6 Å². The van der Waals surface area contributed by atoms with Gasteiger partial charge in [-0.15, -0.1) is 0 Å². The van der Waals surface area contributed by atoms with E-state index >= 15 is 0 Å². The summed E-state index contributed by atoms with van der Waals surface area (Å²) in [4.78, 5) is 11.9. The van der Waals surface area contributed by atoms with Crippen LogP contribution in [-0.2, 0) is 10.2 Å². The zero-order valence-corrected chi connectivity index (χ0v) is 11.3. The Kier molecular flexibility index (Phi) is 3.41. The van der Waals surface area contributed by atoms with Crippen LogP contribution in [0.25, 0.3) is 0 Å². The predicted molar refractivity (Wildman–Crippen MR) is 70.0 cm³/mol. The number of carbonyl (C=O) groups excluding carboxylic acids is 1. The van der Waals surface area contributed by atoms with Crippen LogP contribution in [-0.4, -0.2) is 39.1 Å². The monoisotopic (exact) mass is 268 g/mol. The summed E-state index contributed by atoms with van der Waals surface area (Å²) in [6.45, 7) is 0.337. The van der Waals surface area contributed by atoms with Crippen molar-refractivity contribution in [2.75, 3.05) is 24.9 Å². The number of hydrogen-bond donors (Lipinski definition) is 0. The minimum absolute atomic E-state index is 0.00190. The summed E-state index contributed by atoms with van der Waals surface area (Å²) in [7, 11) is -0.564. The molecule has 1 aliphatic heterocycles. The molecule has 0 fully saturated rings. The molecule has 18 heavy (non-hydrogen) atoms. The molecule has 0 spiro atoms. The van der Waals surface area contributed by atoms with Gasteiger partial charge >= 0.3 is 10.2 Å². The largest absolute Gasteiger partial charge is 0.303 e. The Labute approximate surface area is 107 Å². The minimum Gasteiger partial charge on any atom is -0.294 e. The van der Waals surface area contributed by atoms with Crippen LogP contribution in [0.4, 0.5) is 5.69 Å². The fraction of sp³-hybridized carbons (Fsp3) is 0.417. The lowest BCUT2D eigenvalue weighted by Gasteiger charge is -2.27. The molecular formula is C12H16N2O3S. The molecular weight excluding hydrogens is 252 g/mol. The molecule has 98 valence electrons. The molecule has 0 amide bonds. The number of Topliss-reactive ketones (excluding diaryl/α,β-unsaturated/α-hetero) is 1. The van der Waals surface area contributed by atoms with Crippen LogP contribution in [0, 0.1) is 0 Å². The number of rotatable bonds is 2. The second kappa shape index (κ2) is 4.70. The molecule has 0 aromatic heterocycles. The van der Waals surface area contributed by atoms with Crippen molar-refractivity contribution in [1.82, 2.24) is 4.31 Å². The quantitative estimate of drug-likeness (QED) is 0.811. The first-order valence-corrected chi connectivity index (χ1v) is 7.16. The van der Waals surface area contributed by atoms with Crippen LogP contribution < -0.4 is 4.31 Å². The first-order chi connectivity index (χ1) is 8.44. The molecule has 0 radical (unpaired) electrons. The number of nitrogens with zero attached hydrogens (tertiary/aromatic N) is 2. The second-order valence-corrected chi connectivity index (χ2v) is 6.47. The Bertz CT molecular complexity index is 566. The standard InChI is InChI=1S/C12H16N2O3S/c1-13(2)18(16,17)14-9-5-8-12(15)10-6-3-4-7-11(10)14/h3-4,6-7H,5,8-9H2,1-2H3. The van der Waals surface area contributed by atoms with Crippen molar-refractivity contribution in [3.05, 3.63) is 29.8 Å². The molecule has 1 aliphatic rings. The first kappa shape index (κ1) is 13.0. The molecule has 0 saturated carbocycles. The number of para-hydroxylation sites is 1. The fourth-order valence-electron chi connectivity index (χ4n) is 2.00. The fourth-order valence-corrected chi connectivity index (χ4v) is 3.16. The van der Waals surface area contributed by atoms with E-state index in [0.29, 0.717) is 30.6 Å². The highest BCUT2D eigenvalue weighted by molar-refractivity contribution is 7.90. The molecule has 5 nitrogen and oxygen atoms in total. The Hall–Kier alpha value is -1.40. The Balaban J connectivity index is 2.57. The van der Waals surface area contributed by atoms with Crippen molar-refractivity contribution in [2.24, 2.45) is 0 Å².